The Labute approximate surface area is 100 Å². The molecule has 0 saturated heterocycles. The van der Waals surface area contributed by atoms with Crippen LogP contribution in [0.15, 0.2) is 18.2 Å². The lowest BCUT2D eigenvalue weighted by molar-refractivity contribution is 0.314. The second kappa shape index (κ2) is 5.93. The fraction of sp³-hybridized carbons (Fsp3) is 0.364. The molecule has 0 amide bonds. The van der Waals surface area contributed by atoms with Gasteiger partial charge in [0, 0.05) is 6.42 Å². The summed E-state index contributed by atoms with van der Waals surface area (Å²) in [6, 6.07) is 5.70. The quantitative estimate of drug-likeness (QED) is 0.638. The maximum Gasteiger partial charge on any atom is 0.138 e. The molecule has 82 valence electrons. The van der Waals surface area contributed by atoms with Crippen LogP contribution in [-0.2, 0) is 0 Å². The third kappa shape index (κ3) is 4.49. The molecule has 0 aromatic heterocycles. The molecule has 0 spiro atoms. The molecule has 1 aromatic carbocycles. The minimum Gasteiger partial charge on any atom is -0.492 e. The largest absolute Gasteiger partial charge is 0.492 e. The zero-order chi connectivity index (χ0) is 11.3. The number of hydrogen-bond donors (Lipinski definition) is 1. The van der Waals surface area contributed by atoms with Crippen LogP contribution in [0.25, 0.3) is 0 Å². The van der Waals surface area contributed by atoms with Gasteiger partial charge in [0.25, 0.3) is 0 Å². The van der Waals surface area contributed by atoms with Crippen molar-refractivity contribution in [2.24, 2.45) is 5.73 Å². The molecular weight excluding hydrogens is 230 g/mol. The third-order valence-corrected chi connectivity index (χ3v) is 2.43. The molecule has 4 heteroatoms. The van der Waals surface area contributed by atoms with Crippen LogP contribution >= 0.6 is 23.8 Å². The summed E-state index contributed by atoms with van der Waals surface area (Å²) in [5.41, 5.74) is 6.50. The molecule has 15 heavy (non-hydrogen) atoms. The first kappa shape index (κ1) is 12.3. The highest BCUT2D eigenvalue weighted by Crippen LogP contribution is 2.25. The lowest BCUT2D eigenvalue weighted by Gasteiger charge is -2.08. The summed E-state index contributed by atoms with van der Waals surface area (Å²) in [6.07, 6.45) is 1.53. The molecule has 0 atom stereocenters. The smallest absolute Gasteiger partial charge is 0.138 e. The number of thiocarbonyl (C=S) groups is 1. The Kier molecular flexibility index (Phi) is 4.85. The Balaban J connectivity index is 2.43. The van der Waals surface area contributed by atoms with E-state index in [1.165, 1.54) is 0 Å². The van der Waals surface area contributed by atoms with Gasteiger partial charge < -0.3 is 10.5 Å². The maximum atomic E-state index is 5.96. The van der Waals surface area contributed by atoms with Gasteiger partial charge in [0.1, 0.15) is 5.75 Å². The highest BCUT2D eigenvalue weighted by Gasteiger charge is 2.01. The van der Waals surface area contributed by atoms with Gasteiger partial charge in [-0.2, -0.15) is 0 Å². The monoisotopic (exact) mass is 243 g/mol. The van der Waals surface area contributed by atoms with Gasteiger partial charge >= 0.3 is 0 Å². The van der Waals surface area contributed by atoms with Crippen molar-refractivity contribution in [1.29, 1.82) is 0 Å². The van der Waals surface area contributed by atoms with Crippen molar-refractivity contribution in [2.45, 2.75) is 19.8 Å². The number of rotatable bonds is 5. The van der Waals surface area contributed by atoms with E-state index in [0.29, 0.717) is 23.0 Å². The Morgan fingerprint density at radius 3 is 2.93 bits per heavy atom. The number of halogens is 1. The third-order valence-electron chi connectivity index (χ3n) is 1.91. The van der Waals surface area contributed by atoms with Gasteiger partial charge in [0.2, 0.25) is 0 Å². The molecule has 1 rings (SSSR count). The van der Waals surface area contributed by atoms with Gasteiger partial charge in [-0.25, -0.2) is 0 Å². The Morgan fingerprint density at radius 1 is 1.53 bits per heavy atom. The Hall–Kier alpha value is -0.800. The molecule has 0 bridgehead atoms. The predicted molar refractivity (Wildman–Crippen MR) is 67.7 cm³/mol. The minimum atomic E-state index is 0.522. The standard InChI is InChI=1S/C11H14ClNOS/c1-8-4-5-9(12)10(7-8)14-6-2-3-11(13)15/h4-5,7H,2-3,6H2,1H3,(H2,13,15). The van der Waals surface area contributed by atoms with Crippen molar-refractivity contribution < 1.29 is 4.74 Å². The summed E-state index contributed by atoms with van der Waals surface area (Å²) in [4.78, 5) is 0.522. The first-order valence-electron chi connectivity index (χ1n) is 4.77. The van der Waals surface area contributed by atoms with E-state index in [1.54, 1.807) is 0 Å². The number of nitrogens with two attached hydrogens (primary N) is 1. The fourth-order valence-corrected chi connectivity index (χ4v) is 1.47. The molecule has 0 heterocycles. The van der Waals surface area contributed by atoms with E-state index >= 15 is 0 Å². The molecule has 0 fully saturated rings. The highest BCUT2D eigenvalue weighted by atomic mass is 35.5. The van der Waals surface area contributed by atoms with Crippen molar-refractivity contribution >= 4 is 28.8 Å². The number of hydrogen-bond acceptors (Lipinski definition) is 2. The van der Waals surface area contributed by atoms with E-state index in [1.807, 2.05) is 25.1 Å². The van der Waals surface area contributed by atoms with Gasteiger partial charge in [-0.05, 0) is 31.0 Å². The van der Waals surface area contributed by atoms with Crippen molar-refractivity contribution in [3.63, 3.8) is 0 Å². The molecule has 2 N–H and O–H groups in total. The van der Waals surface area contributed by atoms with Gasteiger partial charge in [-0.15, -0.1) is 0 Å². The molecule has 0 saturated carbocycles. The van der Waals surface area contributed by atoms with Crippen LogP contribution in [-0.4, -0.2) is 11.6 Å². The summed E-state index contributed by atoms with van der Waals surface area (Å²) >= 11 is 10.7. The zero-order valence-electron chi connectivity index (χ0n) is 8.63. The lowest BCUT2D eigenvalue weighted by atomic mass is 10.2. The molecule has 0 aliphatic carbocycles. The summed E-state index contributed by atoms with van der Waals surface area (Å²) in [5.74, 6) is 0.722. The van der Waals surface area contributed by atoms with Gasteiger partial charge in [0.15, 0.2) is 0 Å². The van der Waals surface area contributed by atoms with Crippen molar-refractivity contribution in [1.82, 2.24) is 0 Å². The predicted octanol–water partition coefficient (Wildman–Crippen LogP) is 3.09. The summed E-state index contributed by atoms with van der Waals surface area (Å²) < 4.78 is 5.52. The Morgan fingerprint density at radius 2 is 2.27 bits per heavy atom. The van der Waals surface area contributed by atoms with Crippen LogP contribution in [0, 0.1) is 6.92 Å². The van der Waals surface area contributed by atoms with E-state index in [9.17, 15) is 0 Å². The lowest BCUT2D eigenvalue weighted by Crippen LogP contribution is -2.09. The topological polar surface area (TPSA) is 35.2 Å². The normalized spacial score (nSPS) is 10.0. The van der Waals surface area contributed by atoms with Crippen molar-refractivity contribution in [2.75, 3.05) is 6.61 Å². The van der Waals surface area contributed by atoms with Crippen LogP contribution < -0.4 is 10.5 Å². The molecule has 2 nitrogen and oxygen atoms in total. The van der Waals surface area contributed by atoms with Gasteiger partial charge in [-0.3, -0.25) is 0 Å². The van der Waals surface area contributed by atoms with E-state index in [2.05, 4.69) is 0 Å². The van der Waals surface area contributed by atoms with E-state index in [-0.39, 0.29) is 0 Å². The molecule has 0 aliphatic rings. The first-order valence-corrected chi connectivity index (χ1v) is 5.55. The zero-order valence-corrected chi connectivity index (χ0v) is 10.2. The first-order chi connectivity index (χ1) is 7.09. The van der Waals surface area contributed by atoms with Crippen molar-refractivity contribution in [3.8, 4) is 5.75 Å². The van der Waals surface area contributed by atoms with E-state index < -0.39 is 0 Å². The fourth-order valence-electron chi connectivity index (χ4n) is 1.15. The van der Waals surface area contributed by atoms with Crippen LogP contribution in [0.4, 0.5) is 0 Å². The van der Waals surface area contributed by atoms with Gasteiger partial charge in [0.05, 0.1) is 16.6 Å². The SMILES string of the molecule is Cc1ccc(Cl)c(OCCCC(N)=S)c1. The summed E-state index contributed by atoms with van der Waals surface area (Å²) in [5, 5.41) is 0.635. The minimum absolute atomic E-state index is 0.522. The van der Waals surface area contributed by atoms with Crippen molar-refractivity contribution in [3.05, 3.63) is 28.8 Å². The van der Waals surface area contributed by atoms with Crippen LogP contribution in [0.1, 0.15) is 18.4 Å². The number of benzene rings is 1. The molecular formula is C11H14ClNOS. The van der Waals surface area contributed by atoms with Crippen LogP contribution in [0.2, 0.25) is 5.02 Å². The summed E-state index contributed by atoms with van der Waals surface area (Å²) in [7, 11) is 0. The Bertz CT molecular complexity index is 354. The van der Waals surface area contributed by atoms with E-state index in [0.717, 1.165) is 17.7 Å². The average molecular weight is 244 g/mol. The molecule has 1 aromatic rings. The maximum absolute atomic E-state index is 5.96. The average Bonchev–Trinajstić information content (AvgIpc) is 2.17. The number of aryl methyl sites for hydroxylation is 1. The highest BCUT2D eigenvalue weighted by molar-refractivity contribution is 7.80. The number of ether oxygens (including phenoxy) is 1. The van der Waals surface area contributed by atoms with E-state index in [4.69, 9.17) is 34.3 Å². The second-order valence-corrected chi connectivity index (χ2v) is 4.28. The molecule has 0 aliphatic heterocycles. The van der Waals surface area contributed by atoms with Crippen LogP contribution in [0.5, 0.6) is 5.75 Å². The van der Waals surface area contributed by atoms with Gasteiger partial charge in [-0.1, -0.05) is 29.9 Å². The summed E-state index contributed by atoms with van der Waals surface area (Å²) in [6.45, 7) is 2.58. The molecule has 0 unspecified atom stereocenters. The second-order valence-electron chi connectivity index (χ2n) is 3.35. The molecule has 0 radical (unpaired) electrons. The van der Waals surface area contributed by atoms with Crippen LogP contribution in [0.3, 0.4) is 0 Å².